The van der Waals surface area contributed by atoms with Crippen molar-refractivity contribution in [1.82, 2.24) is 9.13 Å². The van der Waals surface area contributed by atoms with Gasteiger partial charge in [-0.05, 0) is 158 Å². The molecule has 3 nitrogen and oxygen atoms in total. The SMILES string of the molecule is c1ccc(-c2ccc(N(c3ccc(-c4ccc(-c5ccc6c(c5)c5ccccc5n6-c5ccccc5)cc4)cc3)c3ccc(-c4ccc(-c5ccc6c(c5)c5ccccc5n6-c5ccccc5)cc4)cc3)c(-c3ccccc3)c2)cc1. The molecule has 0 saturated carbocycles. The van der Waals surface area contributed by atoms with Gasteiger partial charge < -0.3 is 14.0 Å². The maximum absolute atomic E-state index is 2.41. The molecule has 0 saturated heterocycles. The topological polar surface area (TPSA) is 13.1 Å². The lowest BCUT2D eigenvalue weighted by Gasteiger charge is -2.29. The highest BCUT2D eigenvalue weighted by atomic mass is 15.1. The first kappa shape index (κ1) is 47.5. The predicted octanol–water partition coefficient (Wildman–Crippen LogP) is 21.4. The first-order valence-corrected chi connectivity index (χ1v) is 27.8. The number of rotatable bonds is 11. The standard InChI is InChI=1S/C78H53N3/c1-5-17-54(18-6-1)62-41-48-76(71(51-62)61-19-7-2-8-20-61)79(67-44-37-57(38-45-67)55-29-33-59(34-30-55)63-42-49-77-72(52-63)69-25-13-15-27-74(69)80(77)65-21-9-3-10-22-65)68-46-39-58(40-47-68)56-31-35-60(36-32-56)64-43-50-78-73(53-64)70-26-14-16-28-75(70)81(78)66-23-11-4-12-24-66/h1-53H. The number of para-hydroxylation sites is 4. The summed E-state index contributed by atoms with van der Waals surface area (Å²) < 4.78 is 4.74. The van der Waals surface area contributed by atoms with Gasteiger partial charge in [0, 0.05) is 49.9 Å². The normalized spacial score (nSPS) is 11.5. The molecule has 0 radical (unpaired) electrons. The van der Waals surface area contributed by atoms with Crippen molar-refractivity contribution in [2.45, 2.75) is 0 Å². The van der Waals surface area contributed by atoms with Crippen molar-refractivity contribution < 1.29 is 0 Å². The van der Waals surface area contributed by atoms with Crippen LogP contribution >= 0.6 is 0 Å². The molecule has 380 valence electrons. The Morgan fingerprint density at radius 1 is 0.198 bits per heavy atom. The Morgan fingerprint density at radius 2 is 0.494 bits per heavy atom. The summed E-state index contributed by atoms with van der Waals surface area (Å²) >= 11 is 0. The monoisotopic (exact) mass is 1030 g/mol. The van der Waals surface area contributed by atoms with Gasteiger partial charge in [0.2, 0.25) is 0 Å². The first-order valence-electron chi connectivity index (χ1n) is 27.8. The van der Waals surface area contributed by atoms with Gasteiger partial charge in [0.15, 0.2) is 0 Å². The van der Waals surface area contributed by atoms with E-state index in [9.17, 15) is 0 Å². The molecule has 2 aromatic heterocycles. The lowest BCUT2D eigenvalue weighted by molar-refractivity contribution is 1.18. The number of anilines is 3. The Labute approximate surface area is 471 Å². The van der Waals surface area contributed by atoms with Crippen LogP contribution in [0.15, 0.2) is 322 Å². The molecular formula is C78H53N3. The van der Waals surface area contributed by atoms with E-state index < -0.39 is 0 Å². The number of aromatic nitrogens is 2. The zero-order valence-electron chi connectivity index (χ0n) is 44.4. The minimum absolute atomic E-state index is 1.07. The summed E-state index contributed by atoms with van der Waals surface area (Å²) in [6.45, 7) is 0. The van der Waals surface area contributed by atoms with Gasteiger partial charge in [0.05, 0.1) is 27.8 Å². The molecule has 0 spiro atoms. The summed E-state index contributed by atoms with van der Waals surface area (Å²) in [7, 11) is 0. The molecule has 0 aliphatic heterocycles. The van der Waals surface area contributed by atoms with Gasteiger partial charge in [0.25, 0.3) is 0 Å². The minimum atomic E-state index is 1.07. The lowest BCUT2D eigenvalue weighted by atomic mass is 9.95. The molecule has 81 heavy (non-hydrogen) atoms. The Morgan fingerprint density at radius 3 is 0.926 bits per heavy atom. The molecule has 0 aliphatic rings. The maximum Gasteiger partial charge on any atom is 0.0541 e. The van der Waals surface area contributed by atoms with Gasteiger partial charge in [-0.15, -0.1) is 0 Å². The summed E-state index contributed by atoms with van der Waals surface area (Å²) in [4.78, 5) is 2.41. The van der Waals surface area contributed by atoms with Gasteiger partial charge in [-0.25, -0.2) is 0 Å². The average molecular weight is 1030 g/mol. The molecule has 2 heterocycles. The smallest absolute Gasteiger partial charge is 0.0541 e. The summed E-state index contributed by atoms with van der Waals surface area (Å²) in [5, 5.41) is 5.01. The molecule has 0 bridgehead atoms. The summed E-state index contributed by atoms with van der Waals surface area (Å²) in [6.07, 6.45) is 0. The van der Waals surface area contributed by atoms with Gasteiger partial charge in [0.1, 0.15) is 0 Å². The second-order valence-corrected chi connectivity index (χ2v) is 20.9. The Bertz CT molecular complexity index is 4490. The molecule has 0 unspecified atom stereocenters. The van der Waals surface area contributed by atoms with Crippen LogP contribution in [0, 0.1) is 0 Å². The number of hydrogen-bond donors (Lipinski definition) is 0. The fourth-order valence-corrected chi connectivity index (χ4v) is 12.1. The molecule has 0 atom stereocenters. The predicted molar refractivity (Wildman–Crippen MR) is 342 cm³/mol. The highest BCUT2D eigenvalue weighted by molar-refractivity contribution is 6.12. The van der Waals surface area contributed by atoms with Crippen LogP contribution < -0.4 is 4.90 Å². The number of hydrogen-bond acceptors (Lipinski definition) is 1. The van der Waals surface area contributed by atoms with Crippen molar-refractivity contribution in [2.24, 2.45) is 0 Å². The summed E-state index contributed by atoms with van der Waals surface area (Å²) in [6, 6.07) is 117. The fourth-order valence-electron chi connectivity index (χ4n) is 12.1. The number of nitrogens with zero attached hydrogens (tertiary/aromatic N) is 3. The molecule has 0 N–H and O–H groups in total. The van der Waals surface area contributed by atoms with Crippen LogP contribution in [0.4, 0.5) is 17.1 Å². The van der Waals surface area contributed by atoms with Crippen LogP contribution in [0.1, 0.15) is 0 Å². The van der Waals surface area contributed by atoms with Crippen molar-refractivity contribution in [3.63, 3.8) is 0 Å². The zero-order valence-corrected chi connectivity index (χ0v) is 44.4. The highest BCUT2D eigenvalue weighted by Crippen LogP contribution is 2.45. The van der Waals surface area contributed by atoms with Crippen molar-refractivity contribution in [1.29, 1.82) is 0 Å². The van der Waals surface area contributed by atoms with E-state index in [1.165, 1.54) is 99.5 Å². The van der Waals surface area contributed by atoms with E-state index in [4.69, 9.17) is 0 Å². The van der Waals surface area contributed by atoms with Gasteiger partial charge in [-0.2, -0.15) is 0 Å². The van der Waals surface area contributed by atoms with Crippen LogP contribution in [-0.2, 0) is 0 Å². The third kappa shape index (κ3) is 8.66. The van der Waals surface area contributed by atoms with E-state index >= 15 is 0 Å². The lowest BCUT2D eigenvalue weighted by Crippen LogP contribution is -2.11. The number of fused-ring (bicyclic) bond motifs is 6. The molecule has 0 fully saturated rings. The average Bonchev–Trinajstić information content (AvgIpc) is 4.31. The number of benzene rings is 13. The Balaban J connectivity index is 0.760. The van der Waals surface area contributed by atoms with Gasteiger partial charge in [-0.1, -0.05) is 224 Å². The van der Waals surface area contributed by atoms with E-state index in [1.54, 1.807) is 0 Å². The van der Waals surface area contributed by atoms with Crippen LogP contribution in [0.25, 0.3) is 122 Å². The van der Waals surface area contributed by atoms with Crippen molar-refractivity contribution >= 4 is 60.7 Å². The van der Waals surface area contributed by atoms with E-state index in [-0.39, 0.29) is 0 Å². The summed E-state index contributed by atoms with van der Waals surface area (Å²) in [5.74, 6) is 0. The Kier molecular flexibility index (Phi) is 11.9. The second kappa shape index (κ2) is 20.2. The van der Waals surface area contributed by atoms with Crippen molar-refractivity contribution in [3.8, 4) is 78.1 Å². The van der Waals surface area contributed by atoms with Crippen molar-refractivity contribution in [3.05, 3.63) is 322 Å². The highest BCUT2D eigenvalue weighted by Gasteiger charge is 2.20. The molecule has 0 aliphatic carbocycles. The molecule has 15 rings (SSSR count). The molecule has 0 amide bonds. The maximum atomic E-state index is 2.41. The Hall–Kier alpha value is -10.7. The molecule has 13 aromatic carbocycles. The summed E-state index contributed by atoms with van der Waals surface area (Å²) in [5.41, 5.74) is 24.5. The second-order valence-electron chi connectivity index (χ2n) is 20.9. The molecule has 3 heteroatoms. The van der Waals surface area contributed by atoms with Crippen molar-refractivity contribution in [2.75, 3.05) is 4.90 Å². The van der Waals surface area contributed by atoms with Crippen LogP contribution in [0.2, 0.25) is 0 Å². The van der Waals surface area contributed by atoms with E-state index in [0.717, 1.165) is 39.3 Å². The zero-order chi connectivity index (χ0) is 53.6. The fraction of sp³-hybridized carbons (Fsp3) is 0. The molecule has 15 aromatic rings. The minimum Gasteiger partial charge on any atom is -0.310 e. The van der Waals surface area contributed by atoms with Gasteiger partial charge in [-0.3, -0.25) is 0 Å². The van der Waals surface area contributed by atoms with E-state index in [1.807, 2.05) is 0 Å². The largest absolute Gasteiger partial charge is 0.310 e. The van der Waals surface area contributed by atoms with Crippen LogP contribution in [0.5, 0.6) is 0 Å². The van der Waals surface area contributed by atoms with Gasteiger partial charge >= 0.3 is 0 Å². The molecular weight excluding hydrogens is 979 g/mol. The van der Waals surface area contributed by atoms with Crippen LogP contribution in [0.3, 0.4) is 0 Å². The first-order chi connectivity index (χ1) is 40.2. The van der Waals surface area contributed by atoms with Crippen LogP contribution in [-0.4, -0.2) is 9.13 Å². The third-order valence-electron chi connectivity index (χ3n) is 16.2. The quantitative estimate of drug-likeness (QED) is 0.126. The third-order valence-corrected chi connectivity index (χ3v) is 16.2. The van der Waals surface area contributed by atoms with E-state index in [2.05, 4.69) is 336 Å². The van der Waals surface area contributed by atoms with E-state index in [0.29, 0.717) is 0 Å².